The number of ketones is 1. The highest BCUT2D eigenvalue weighted by molar-refractivity contribution is 5.99. The van der Waals surface area contributed by atoms with Crippen LogP contribution in [0.5, 0.6) is 11.5 Å². The fourth-order valence-corrected chi connectivity index (χ4v) is 2.21. The van der Waals surface area contributed by atoms with E-state index in [0.717, 1.165) is 5.56 Å². The number of hydrogen-bond donors (Lipinski definition) is 0. The summed E-state index contributed by atoms with van der Waals surface area (Å²) in [5.41, 5.74) is 1.30. The zero-order valence-corrected chi connectivity index (χ0v) is 12.9. The summed E-state index contributed by atoms with van der Waals surface area (Å²) in [6.45, 7) is 0.618. The molecule has 0 aromatic heterocycles. The van der Waals surface area contributed by atoms with Gasteiger partial charge in [0.2, 0.25) is 0 Å². The maximum absolute atomic E-state index is 12.1. The smallest absolute Gasteiger partial charge is 0.331 e. The molecule has 3 rings (SSSR count). The molecule has 0 saturated heterocycles. The highest BCUT2D eigenvalue weighted by atomic mass is 16.6. The van der Waals surface area contributed by atoms with Crippen molar-refractivity contribution in [1.82, 2.24) is 0 Å². The van der Waals surface area contributed by atoms with Crippen molar-refractivity contribution >= 4 is 17.8 Å². The number of ether oxygens (including phenoxy) is 3. The van der Waals surface area contributed by atoms with E-state index in [1.807, 2.05) is 30.3 Å². The summed E-state index contributed by atoms with van der Waals surface area (Å²) in [5.74, 6) is 0.279. The van der Waals surface area contributed by atoms with E-state index in [0.29, 0.717) is 30.3 Å². The van der Waals surface area contributed by atoms with Crippen LogP contribution in [0.4, 0.5) is 0 Å². The Bertz CT molecular complexity index is 765. The lowest BCUT2D eigenvalue weighted by atomic mass is 10.1. The number of carbonyl (C=O) groups excluding carboxylic acids is 2. The van der Waals surface area contributed by atoms with Gasteiger partial charge in [0, 0.05) is 11.6 Å². The maximum Gasteiger partial charge on any atom is 0.331 e. The molecule has 2 aromatic carbocycles. The van der Waals surface area contributed by atoms with Crippen LogP contribution in [0.25, 0.3) is 6.08 Å². The van der Waals surface area contributed by atoms with Gasteiger partial charge < -0.3 is 14.2 Å². The molecule has 24 heavy (non-hydrogen) atoms. The van der Waals surface area contributed by atoms with Crippen molar-refractivity contribution in [3.8, 4) is 11.5 Å². The minimum absolute atomic E-state index is 0.298. The largest absolute Gasteiger partial charge is 0.486 e. The normalized spacial score (nSPS) is 12.8. The standard InChI is InChI=1S/C19H16O5/c20-16(15-7-8-17-18(12-15)23-11-10-22-17)13-24-19(21)9-6-14-4-2-1-3-5-14/h1-9,12H,10-11,13H2/b9-6+. The van der Waals surface area contributed by atoms with Gasteiger partial charge in [-0.25, -0.2) is 4.79 Å². The Hall–Kier alpha value is -3.08. The fourth-order valence-electron chi connectivity index (χ4n) is 2.21. The molecule has 0 unspecified atom stereocenters. The minimum atomic E-state index is -0.565. The topological polar surface area (TPSA) is 61.8 Å². The Kier molecular flexibility index (Phi) is 4.91. The van der Waals surface area contributed by atoms with Crippen molar-refractivity contribution in [3.63, 3.8) is 0 Å². The van der Waals surface area contributed by atoms with Crippen LogP contribution in [0, 0.1) is 0 Å². The van der Waals surface area contributed by atoms with Crippen molar-refractivity contribution in [1.29, 1.82) is 0 Å². The summed E-state index contributed by atoms with van der Waals surface area (Å²) in [6, 6.07) is 14.3. The average molecular weight is 324 g/mol. The van der Waals surface area contributed by atoms with Crippen molar-refractivity contribution in [2.45, 2.75) is 0 Å². The number of benzene rings is 2. The summed E-state index contributed by atoms with van der Waals surface area (Å²) >= 11 is 0. The van der Waals surface area contributed by atoms with E-state index in [1.54, 1.807) is 24.3 Å². The number of Topliss-reactive ketones (excluding diaryl/α,β-unsaturated/α-hetero) is 1. The molecular weight excluding hydrogens is 308 g/mol. The van der Waals surface area contributed by atoms with E-state index in [1.165, 1.54) is 6.08 Å². The highest BCUT2D eigenvalue weighted by Gasteiger charge is 2.15. The van der Waals surface area contributed by atoms with Gasteiger partial charge >= 0.3 is 5.97 Å². The lowest BCUT2D eigenvalue weighted by Gasteiger charge is -2.18. The first kappa shape index (κ1) is 15.8. The van der Waals surface area contributed by atoms with E-state index >= 15 is 0 Å². The van der Waals surface area contributed by atoms with Crippen molar-refractivity contribution in [2.24, 2.45) is 0 Å². The number of fused-ring (bicyclic) bond motifs is 1. The highest BCUT2D eigenvalue weighted by Crippen LogP contribution is 2.30. The number of carbonyl (C=O) groups is 2. The van der Waals surface area contributed by atoms with Gasteiger partial charge in [0.05, 0.1) is 0 Å². The molecule has 0 radical (unpaired) electrons. The quantitative estimate of drug-likeness (QED) is 0.481. The van der Waals surface area contributed by atoms with Crippen LogP contribution in [0.1, 0.15) is 15.9 Å². The van der Waals surface area contributed by atoms with Gasteiger partial charge in [-0.2, -0.15) is 0 Å². The van der Waals surface area contributed by atoms with Gasteiger partial charge in [-0.05, 0) is 29.8 Å². The number of hydrogen-bond acceptors (Lipinski definition) is 5. The molecule has 0 aliphatic carbocycles. The third-order valence-electron chi connectivity index (χ3n) is 3.42. The molecule has 5 nitrogen and oxygen atoms in total. The zero-order valence-electron chi connectivity index (χ0n) is 12.9. The molecule has 0 atom stereocenters. The van der Waals surface area contributed by atoms with E-state index in [9.17, 15) is 9.59 Å². The molecule has 0 bridgehead atoms. The Balaban J connectivity index is 1.55. The first-order valence-corrected chi connectivity index (χ1v) is 7.55. The van der Waals surface area contributed by atoms with Gasteiger partial charge in [0.15, 0.2) is 23.9 Å². The monoisotopic (exact) mass is 324 g/mol. The van der Waals surface area contributed by atoms with Crippen LogP contribution in [0.2, 0.25) is 0 Å². The zero-order chi connectivity index (χ0) is 16.8. The summed E-state index contributed by atoms with van der Waals surface area (Å²) in [5, 5.41) is 0. The number of rotatable bonds is 5. The average Bonchev–Trinajstić information content (AvgIpc) is 2.65. The summed E-state index contributed by atoms with van der Waals surface area (Å²) in [6.07, 6.45) is 2.93. The predicted octanol–water partition coefficient (Wildman–Crippen LogP) is 2.90. The Morgan fingerprint density at radius 3 is 2.54 bits per heavy atom. The minimum Gasteiger partial charge on any atom is -0.486 e. The summed E-state index contributed by atoms with van der Waals surface area (Å²) < 4.78 is 15.8. The summed E-state index contributed by atoms with van der Waals surface area (Å²) in [4.78, 5) is 23.8. The molecule has 0 saturated carbocycles. The van der Waals surface area contributed by atoms with Gasteiger partial charge in [-0.1, -0.05) is 30.3 Å². The lowest BCUT2D eigenvalue weighted by Crippen LogP contribution is -2.17. The van der Waals surface area contributed by atoms with E-state index in [2.05, 4.69) is 0 Å². The number of esters is 1. The molecule has 5 heteroatoms. The van der Waals surface area contributed by atoms with Crippen molar-refractivity contribution in [3.05, 3.63) is 65.7 Å². The molecule has 2 aromatic rings. The van der Waals surface area contributed by atoms with Crippen molar-refractivity contribution < 1.29 is 23.8 Å². The first-order chi connectivity index (χ1) is 11.7. The molecule has 0 N–H and O–H groups in total. The van der Waals surface area contributed by atoms with Gasteiger partial charge in [-0.3, -0.25) is 4.79 Å². The first-order valence-electron chi connectivity index (χ1n) is 7.55. The van der Waals surface area contributed by atoms with Gasteiger partial charge in [0.25, 0.3) is 0 Å². The van der Waals surface area contributed by atoms with E-state index in [-0.39, 0.29) is 12.4 Å². The molecule has 1 heterocycles. The van der Waals surface area contributed by atoms with Crippen LogP contribution in [0.3, 0.4) is 0 Å². The molecule has 122 valence electrons. The molecule has 0 spiro atoms. The Morgan fingerprint density at radius 1 is 1.00 bits per heavy atom. The predicted molar refractivity (Wildman–Crippen MR) is 88.2 cm³/mol. The third-order valence-corrected chi connectivity index (χ3v) is 3.42. The van der Waals surface area contributed by atoms with E-state index in [4.69, 9.17) is 14.2 Å². The van der Waals surface area contributed by atoms with Gasteiger partial charge in [0.1, 0.15) is 13.2 Å². The Morgan fingerprint density at radius 2 is 1.75 bits per heavy atom. The van der Waals surface area contributed by atoms with Gasteiger partial charge in [-0.15, -0.1) is 0 Å². The SMILES string of the molecule is O=C(/C=C/c1ccccc1)OCC(=O)c1ccc2c(c1)OCCO2. The molecule has 0 amide bonds. The van der Waals surface area contributed by atoms with Crippen LogP contribution in [-0.4, -0.2) is 31.6 Å². The van der Waals surface area contributed by atoms with Crippen LogP contribution >= 0.6 is 0 Å². The Labute approximate surface area is 139 Å². The third kappa shape index (κ3) is 4.01. The maximum atomic E-state index is 12.1. The second-order valence-electron chi connectivity index (χ2n) is 5.13. The lowest BCUT2D eigenvalue weighted by molar-refractivity contribution is -0.136. The molecule has 1 aliphatic rings. The van der Waals surface area contributed by atoms with Crippen LogP contribution in [-0.2, 0) is 9.53 Å². The summed E-state index contributed by atoms with van der Waals surface area (Å²) in [7, 11) is 0. The van der Waals surface area contributed by atoms with Crippen LogP contribution < -0.4 is 9.47 Å². The van der Waals surface area contributed by atoms with E-state index < -0.39 is 5.97 Å². The molecule has 0 fully saturated rings. The molecule has 1 aliphatic heterocycles. The molecular formula is C19H16O5. The van der Waals surface area contributed by atoms with Crippen molar-refractivity contribution in [2.75, 3.05) is 19.8 Å². The second kappa shape index (κ2) is 7.46. The fraction of sp³-hybridized carbons (Fsp3) is 0.158. The second-order valence-corrected chi connectivity index (χ2v) is 5.13. The van der Waals surface area contributed by atoms with Crippen LogP contribution in [0.15, 0.2) is 54.6 Å².